The van der Waals surface area contributed by atoms with Crippen LogP contribution >= 0.6 is 11.6 Å². The maximum Gasteiger partial charge on any atom is 0.275 e. The second-order valence-electron chi connectivity index (χ2n) is 3.82. The summed E-state index contributed by atoms with van der Waals surface area (Å²) >= 11 is 5.66. The predicted octanol–water partition coefficient (Wildman–Crippen LogP) is 2.58. The van der Waals surface area contributed by atoms with E-state index in [1.165, 1.54) is 19.3 Å². The van der Waals surface area contributed by atoms with E-state index in [4.69, 9.17) is 11.6 Å². The average molecular weight is 276 g/mol. The molecule has 0 aliphatic rings. The number of hydrogen-bond donors (Lipinski definition) is 1. The van der Waals surface area contributed by atoms with Crippen molar-refractivity contribution in [3.8, 4) is 0 Å². The highest BCUT2D eigenvalue weighted by atomic mass is 35.5. The zero-order valence-corrected chi connectivity index (χ0v) is 10.8. The van der Waals surface area contributed by atoms with Crippen molar-refractivity contribution in [3.63, 3.8) is 0 Å². The van der Waals surface area contributed by atoms with Crippen molar-refractivity contribution >= 4 is 29.0 Å². The summed E-state index contributed by atoms with van der Waals surface area (Å²) in [6, 6.07) is 6.65. The molecule has 1 N–H and O–H groups in total. The first-order chi connectivity index (χ1) is 9.06. The van der Waals surface area contributed by atoms with Crippen molar-refractivity contribution in [2.75, 3.05) is 5.32 Å². The molecule has 0 aliphatic carbocycles. The summed E-state index contributed by atoms with van der Waals surface area (Å²) in [5, 5.41) is 2.77. The third kappa shape index (κ3) is 3.35. The van der Waals surface area contributed by atoms with Crippen LogP contribution in [-0.4, -0.2) is 21.7 Å². The molecule has 6 heteroatoms. The van der Waals surface area contributed by atoms with E-state index in [-0.39, 0.29) is 16.6 Å². The Bertz CT molecular complexity index is 643. The second-order valence-corrected chi connectivity index (χ2v) is 4.21. The molecule has 0 spiro atoms. The Morgan fingerprint density at radius 2 is 2.05 bits per heavy atom. The van der Waals surface area contributed by atoms with E-state index in [1.807, 2.05) is 0 Å². The first kappa shape index (κ1) is 13.2. The summed E-state index contributed by atoms with van der Waals surface area (Å²) in [7, 11) is 0. The molecule has 5 nitrogen and oxygen atoms in total. The Hall–Kier alpha value is -2.27. The van der Waals surface area contributed by atoms with E-state index >= 15 is 0 Å². The Morgan fingerprint density at radius 3 is 2.74 bits per heavy atom. The van der Waals surface area contributed by atoms with Gasteiger partial charge in [0.15, 0.2) is 5.78 Å². The fraction of sp³-hybridized carbons (Fsp3) is 0.0769. The van der Waals surface area contributed by atoms with Gasteiger partial charge >= 0.3 is 0 Å². The second kappa shape index (κ2) is 5.58. The third-order valence-electron chi connectivity index (χ3n) is 2.36. The summed E-state index contributed by atoms with van der Waals surface area (Å²) < 4.78 is 0. The van der Waals surface area contributed by atoms with Crippen LogP contribution in [0, 0.1) is 0 Å². The zero-order chi connectivity index (χ0) is 13.8. The van der Waals surface area contributed by atoms with Crippen LogP contribution in [0.25, 0.3) is 0 Å². The Labute approximate surface area is 114 Å². The van der Waals surface area contributed by atoms with E-state index in [0.717, 1.165) is 0 Å². The van der Waals surface area contributed by atoms with Gasteiger partial charge in [-0.2, -0.15) is 0 Å². The van der Waals surface area contributed by atoms with E-state index in [2.05, 4.69) is 15.3 Å². The van der Waals surface area contributed by atoms with Crippen LogP contribution in [-0.2, 0) is 0 Å². The molecule has 0 aliphatic heterocycles. The lowest BCUT2D eigenvalue weighted by molar-refractivity contribution is 0.100. The molecular formula is C13H10ClN3O2. The predicted molar refractivity (Wildman–Crippen MR) is 71.4 cm³/mol. The van der Waals surface area contributed by atoms with Gasteiger partial charge < -0.3 is 5.32 Å². The number of nitrogens with zero attached hydrogens (tertiary/aromatic N) is 2. The summed E-state index contributed by atoms with van der Waals surface area (Å²) in [5.41, 5.74) is 1.15. The topological polar surface area (TPSA) is 72.0 Å². The monoisotopic (exact) mass is 275 g/mol. The molecule has 1 amide bonds. The number of benzene rings is 1. The van der Waals surface area contributed by atoms with Gasteiger partial charge in [-0.3, -0.25) is 14.6 Å². The van der Waals surface area contributed by atoms with Gasteiger partial charge in [-0.1, -0.05) is 23.7 Å². The minimum atomic E-state index is -0.435. The maximum absolute atomic E-state index is 11.9. The van der Waals surface area contributed by atoms with Crippen molar-refractivity contribution in [1.29, 1.82) is 0 Å². The van der Waals surface area contributed by atoms with Crippen LogP contribution in [0.5, 0.6) is 0 Å². The number of carbonyl (C=O) groups excluding carboxylic acids is 2. The third-order valence-corrected chi connectivity index (χ3v) is 2.55. The molecule has 0 saturated heterocycles. The minimum Gasteiger partial charge on any atom is -0.321 e. The van der Waals surface area contributed by atoms with Crippen LogP contribution < -0.4 is 5.32 Å². The van der Waals surface area contributed by atoms with Crippen molar-refractivity contribution in [2.45, 2.75) is 6.92 Å². The summed E-state index contributed by atoms with van der Waals surface area (Å²) in [4.78, 5) is 30.8. The van der Waals surface area contributed by atoms with E-state index < -0.39 is 5.91 Å². The van der Waals surface area contributed by atoms with Crippen molar-refractivity contribution in [2.24, 2.45) is 0 Å². The van der Waals surface area contributed by atoms with Crippen molar-refractivity contribution in [1.82, 2.24) is 9.97 Å². The number of ketones is 1. The number of Topliss-reactive ketones (excluding diaryl/α,β-unsaturated/α-hetero) is 1. The van der Waals surface area contributed by atoms with Gasteiger partial charge in [0.1, 0.15) is 10.8 Å². The van der Waals surface area contributed by atoms with Crippen LogP contribution in [0.2, 0.25) is 5.15 Å². The van der Waals surface area contributed by atoms with Gasteiger partial charge in [0.2, 0.25) is 0 Å². The molecule has 0 unspecified atom stereocenters. The molecular weight excluding hydrogens is 266 g/mol. The van der Waals surface area contributed by atoms with Crippen molar-refractivity contribution in [3.05, 3.63) is 53.1 Å². The lowest BCUT2D eigenvalue weighted by Crippen LogP contribution is -2.14. The number of amides is 1. The molecule has 0 fully saturated rings. The van der Waals surface area contributed by atoms with Crippen LogP contribution in [0.4, 0.5) is 5.69 Å². The number of carbonyl (C=O) groups is 2. The Kier molecular flexibility index (Phi) is 3.87. The van der Waals surface area contributed by atoms with Gasteiger partial charge in [-0.15, -0.1) is 0 Å². The van der Waals surface area contributed by atoms with E-state index in [9.17, 15) is 9.59 Å². The summed E-state index contributed by atoms with van der Waals surface area (Å²) in [5.74, 6) is -0.505. The molecule has 96 valence electrons. The molecule has 1 heterocycles. The average Bonchev–Trinajstić information content (AvgIpc) is 2.39. The molecule has 0 saturated carbocycles. The first-order valence-corrected chi connectivity index (χ1v) is 5.84. The smallest absolute Gasteiger partial charge is 0.275 e. The molecule has 2 aromatic rings. The largest absolute Gasteiger partial charge is 0.321 e. The number of anilines is 1. The van der Waals surface area contributed by atoms with Gasteiger partial charge in [0.25, 0.3) is 5.91 Å². The highest BCUT2D eigenvalue weighted by Gasteiger charge is 2.09. The fourth-order valence-electron chi connectivity index (χ4n) is 1.46. The Morgan fingerprint density at radius 1 is 1.26 bits per heavy atom. The number of halogens is 1. The van der Waals surface area contributed by atoms with Crippen molar-refractivity contribution < 1.29 is 9.59 Å². The minimum absolute atomic E-state index is 0.0707. The number of hydrogen-bond acceptors (Lipinski definition) is 4. The molecule has 2 rings (SSSR count). The molecule has 19 heavy (non-hydrogen) atoms. The maximum atomic E-state index is 11.9. The normalized spacial score (nSPS) is 10.0. The molecule has 0 atom stereocenters. The zero-order valence-electron chi connectivity index (χ0n) is 10.1. The fourth-order valence-corrected chi connectivity index (χ4v) is 1.61. The van der Waals surface area contributed by atoms with Crippen LogP contribution in [0.1, 0.15) is 27.8 Å². The lowest BCUT2D eigenvalue weighted by Gasteiger charge is -2.05. The molecule has 1 aromatic heterocycles. The number of rotatable bonds is 3. The van der Waals surface area contributed by atoms with Gasteiger partial charge in [0, 0.05) is 11.3 Å². The lowest BCUT2D eigenvalue weighted by atomic mass is 10.1. The standard InChI is InChI=1S/C13H10ClN3O2/c1-8(18)9-3-2-4-10(5-9)16-13(19)11-6-15-7-12(14)17-11/h2-7H,1H3,(H,16,19). The quantitative estimate of drug-likeness (QED) is 0.874. The van der Waals surface area contributed by atoms with Gasteiger partial charge in [-0.25, -0.2) is 4.98 Å². The van der Waals surface area contributed by atoms with Crippen LogP contribution in [0.15, 0.2) is 36.7 Å². The van der Waals surface area contributed by atoms with Gasteiger partial charge in [0.05, 0.1) is 12.4 Å². The highest BCUT2D eigenvalue weighted by Crippen LogP contribution is 2.12. The number of nitrogens with one attached hydrogen (secondary N) is 1. The van der Waals surface area contributed by atoms with Gasteiger partial charge in [-0.05, 0) is 19.1 Å². The van der Waals surface area contributed by atoms with Crippen LogP contribution in [0.3, 0.4) is 0 Å². The Balaban J connectivity index is 2.19. The summed E-state index contributed by atoms with van der Waals surface area (Å²) in [6.07, 6.45) is 2.66. The molecule has 0 radical (unpaired) electrons. The first-order valence-electron chi connectivity index (χ1n) is 5.46. The summed E-state index contributed by atoms with van der Waals surface area (Å²) in [6.45, 7) is 1.46. The number of aromatic nitrogens is 2. The molecule has 1 aromatic carbocycles. The highest BCUT2D eigenvalue weighted by molar-refractivity contribution is 6.29. The molecule has 0 bridgehead atoms. The SMILES string of the molecule is CC(=O)c1cccc(NC(=O)c2cncc(Cl)n2)c1. The van der Waals surface area contributed by atoms with E-state index in [0.29, 0.717) is 11.3 Å². The van der Waals surface area contributed by atoms with E-state index in [1.54, 1.807) is 24.3 Å².